The average molecular weight is 187 g/mol. The molecular weight excluding hydrogens is 180 g/mol. The lowest BCUT2D eigenvalue weighted by atomic mass is 10.4. The molecule has 2 aliphatic heterocycles. The third-order valence-electron chi connectivity index (χ3n) is 2.23. The maximum atomic E-state index is 4.16. The van der Waals surface area contributed by atoms with Crippen molar-refractivity contribution in [1.29, 1.82) is 0 Å². The highest BCUT2D eigenvalue weighted by atomic mass is 15.5. The number of nitrogens with one attached hydrogen (secondary N) is 1. The molecule has 1 aromatic rings. The molecule has 3 heterocycles. The largest absolute Gasteiger partial charge is 0.279 e. The third kappa shape index (κ3) is 0.775. The number of aliphatic imine (C=N–C) groups is 3. The fourth-order valence-electron chi connectivity index (χ4n) is 1.52. The molecule has 2 aliphatic rings. The molecule has 6 heteroatoms. The van der Waals surface area contributed by atoms with Crippen molar-refractivity contribution in [3.8, 4) is 0 Å². The molecule has 3 rings (SSSR count). The number of H-pyrrole nitrogens is 1. The molecule has 1 atom stereocenters. The smallest absolute Gasteiger partial charge is 0.265 e. The zero-order chi connectivity index (χ0) is 9.43. The SMILES string of the molecule is C1=NC=NC2=CN=C[N+]12c1cn[nH]c1. The van der Waals surface area contributed by atoms with Crippen LogP contribution in [-0.2, 0) is 0 Å². The van der Waals surface area contributed by atoms with Gasteiger partial charge in [0, 0.05) is 0 Å². The summed E-state index contributed by atoms with van der Waals surface area (Å²) in [6.07, 6.45) is 10.3. The lowest BCUT2D eigenvalue weighted by Gasteiger charge is -2.23. The van der Waals surface area contributed by atoms with Crippen molar-refractivity contribution < 1.29 is 0 Å². The minimum absolute atomic E-state index is 0.312. The highest BCUT2D eigenvalue weighted by molar-refractivity contribution is 6.01. The van der Waals surface area contributed by atoms with Gasteiger partial charge >= 0.3 is 0 Å². The molecule has 6 nitrogen and oxygen atoms in total. The normalized spacial score (nSPS) is 27.9. The van der Waals surface area contributed by atoms with E-state index in [2.05, 4.69) is 25.2 Å². The monoisotopic (exact) mass is 187 g/mol. The van der Waals surface area contributed by atoms with Crippen LogP contribution < -0.4 is 4.48 Å². The van der Waals surface area contributed by atoms with E-state index in [0.29, 0.717) is 4.48 Å². The van der Waals surface area contributed by atoms with E-state index in [0.717, 1.165) is 11.5 Å². The van der Waals surface area contributed by atoms with Gasteiger partial charge in [-0.15, -0.1) is 0 Å². The van der Waals surface area contributed by atoms with Crippen LogP contribution in [0.1, 0.15) is 0 Å². The number of aromatic amines is 1. The van der Waals surface area contributed by atoms with Gasteiger partial charge in [-0.2, -0.15) is 19.6 Å². The topological polar surface area (TPSA) is 65.8 Å². The molecule has 1 N–H and O–H groups in total. The lowest BCUT2D eigenvalue weighted by Crippen LogP contribution is -2.44. The quantitative estimate of drug-likeness (QED) is 0.644. The second kappa shape index (κ2) is 2.46. The van der Waals surface area contributed by atoms with Gasteiger partial charge in [-0.25, -0.2) is 4.99 Å². The maximum absolute atomic E-state index is 4.16. The summed E-state index contributed by atoms with van der Waals surface area (Å²) >= 11 is 0. The van der Waals surface area contributed by atoms with Gasteiger partial charge in [-0.3, -0.25) is 5.10 Å². The predicted octanol–water partition coefficient (Wildman–Crippen LogP) is 0.628. The lowest BCUT2D eigenvalue weighted by molar-refractivity contribution is 0.749. The zero-order valence-corrected chi connectivity index (χ0v) is 7.20. The first-order valence-corrected chi connectivity index (χ1v) is 4.11. The first-order chi connectivity index (χ1) is 6.92. The summed E-state index contributed by atoms with van der Waals surface area (Å²) in [4.78, 5) is 12.3. The molecule has 68 valence electrons. The van der Waals surface area contributed by atoms with Gasteiger partial charge in [-0.05, 0) is 0 Å². The van der Waals surface area contributed by atoms with Crippen molar-refractivity contribution in [3.05, 3.63) is 24.4 Å². The molecular formula is C8H7N6+. The summed E-state index contributed by atoms with van der Waals surface area (Å²) in [5.41, 5.74) is 0.943. The zero-order valence-electron chi connectivity index (χ0n) is 7.20. The van der Waals surface area contributed by atoms with Gasteiger partial charge in [0.15, 0.2) is 5.69 Å². The Morgan fingerprint density at radius 2 is 2.14 bits per heavy atom. The summed E-state index contributed by atoms with van der Waals surface area (Å²) in [7, 11) is 0. The second-order valence-corrected chi connectivity index (χ2v) is 2.99. The number of aromatic nitrogens is 2. The summed E-state index contributed by atoms with van der Waals surface area (Å²) in [5.74, 6) is 0.821. The molecule has 0 fully saturated rings. The molecule has 0 saturated heterocycles. The average Bonchev–Trinajstić information content (AvgIpc) is 2.87. The van der Waals surface area contributed by atoms with Gasteiger partial charge in [0.05, 0.1) is 6.20 Å². The number of fused-ring (bicyclic) bond motifs is 1. The number of nitrogens with zero attached hydrogens (tertiary/aromatic N) is 5. The van der Waals surface area contributed by atoms with Gasteiger partial charge in [0.25, 0.3) is 5.82 Å². The number of rotatable bonds is 1. The van der Waals surface area contributed by atoms with Crippen molar-refractivity contribution in [3.63, 3.8) is 0 Å². The minimum Gasteiger partial charge on any atom is -0.279 e. The summed E-state index contributed by atoms with van der Waals surface area (Å²) in [6.45, 7) is 0. The molecule has 0 aromatic carbocycles. The Balaban J connectivity index is 2.20. The minimum atomic E-state index is 0.312. The molecule has 0 spiro atoms. The molecule has 0 radical (unpaired) electrons. The molecule has 0 amide bonds. The van der Waals surface area contributed by atoms with Gasteiger partial charge in [-0.1, -0.05) is 0 Å². The van der Waals surface area contributed by atoms with Crippen LogP contribution in [0.5, 0.6) is 0 Å². The predicted molar refractivity (Wildman–Crippen MR) is 53.9 cm³/mol. The van der Waals surface area contributed by atoms with E-state index >= 15 is 0 Å². The van der Waals surface area contributed by atoms with E-state index in [1.54, 1.807) is 31.3 Å². The van der Waals surface area contributed by atoms with Gasteiger partial charge < -0.3 is 0 Å². The first-order valence-electron chi connectivity index (χ1n) is 4.11. The van der Waals surface area contributed by atoms with Crippen molar-refractivity contribution in [1.82, 2.24) is 14.7 Å². The van der Waals surface area contributed by atoms with Crippen LogP contribution in [-0.4, -0.2) is 29.2 Å². The molecule has 1 aromatic heterocycles. The van der Waals surface area contributed by atoms with E-state index in [4.69, 9.17) is 0 Å². The Labute approximate surface area is 79.6 Å². The molecule has 1 unspecified atom stereocenters. The summed E-state index contributed by atoms with van der Waals surface area (Å²) in [5, 5.41) is 6.68. The fraction of sp³-hybridized carbons (Fsp3) is 0. The van der Waals surface area contributed by atoms with Crippen LogP contribution in [0.4, 0.5) is 5.69 Å². The van der Waals surface area contributed by atoms with E-state index in [1.165, 1.54) is 6.34 Å². The van der Waals surface area contributed by atoms with Crippen LogP contribution in [0.15, 0.2) is 39.4 Å². The molecule has 0 saturated carbocycles. The van der Waals surface area contributed by atoms with Crippen molar-refractivity contribution in [2.75, 3.05) is 0 Å². The van der Waals surface area contributed by atoms with Crippen LogP contribution >= 0.6 is 0 Å². The molecule has 14 heavy (non-hydrogen) atoms. The number of hydrogen-bond donors (Lipinski definition) is 1. The third-order valence-corrected chi connectivity index (χ3v) is 2.23. The fourth-order valence-corrected chi connectivity index (χ4v) is 1.52. The van der Waals surface area contributed by atoms with Crippen LogP contribution in [0.3, 0.4) is 0 Å². The van der Waals surface area contributed by atoms with Crippen LogP contribution in [0.25, 0.3) is 0 Å². The number of quaternary nitrogens is 1. The van der Waals surface area contributed by atoms with E-state index in [9.17, 15) is 0 Å². The number of hydrogen-bond acceptors (Lipinski definition) is 4. The van der Waals surface area contributed by atoms with E-state index < -0.39 is 0 Å². The highest BCUT2D eigenvalue weighted by Crippen LogP contribution is 2.29. The summed E-state index contributed by atoms with van der Waals surface area (Å²) in [6, 6.07) is 0. The van der Waals surface area contributed by atoms with Crippen molar-refractivity contribution in [2.45, 2.75) is 0 Å². The van der Waals surface area contributed by atoms with E-state index in [1.807, 2.05) is 0 Å². The van der Waals surface area contributed by atoms with Crippen molar-refractivity contribution >= 4 is 24.7 Å². The first kappa shape index (κ1) is 7.34. The van der Waals surface area contributed by atoms with Crippen molar-refractivity contribution in [2.24, 2.45) is 15.0 Å². The summed E-state index contributed by atoms with van der Waals surface area (Å²) < 4.78 is 0.312. The van der Waals surface area contributed by atoms with Gasteiger partial charge in [0.1, 0.15) is 18.7 Å². The van der Waals surface area contributed by atoms with E-state index in [-0.39, 0.29) is 0 Å². The molecule has 0 bridgehead atoms. The molecule has 0 aliphatic carbocycles. The Morgan fingerprint density at radius 3 is 3.00 bits per heavy atom. The maximum Gasteiger partial charge on any atom is 0.265 e. The Morgan fingerprint density at radius 1 is 1.21 bits per heavy atom. The van der Waals surface area contributed by atoms with Crippen LogP contribution in [0.2, 0.25) is 0 Å². The van der Waals surface area contributed by atoms with Gasteiger partial charge in [0.2, 0.25) is 12.7 Å². The Hall–Kier alpha value is -2.08. The highest BCUT2D eigenvalue weighted by Gasteiger charge is 2.39. The standard InChI is InChI=1S/C8H7N6/c1-7(2-13-12-1)14-5-9-3-8(14)11-4-10-6-14/h1-6H,(H,12,13)/q+1. The van der Waals surface area contributed by atoms with Crippen LogP contribution in [0, 0.1) is 0 Å². The Kier molecular flexibility index (Phi) is 1.29. The second-order valence-electron chi connectivity index (χ2n) is 2.99. The Bertz CT molecular complexity index is 466.